The number of carbonyl (C=O) groups is 2. The van der Waals surface area contributed by atoms with Gasteiger partial charge < -0.3 is 0 Å². The molecule has 3 aromatic rings. The summed E-state index contributed by atoms with van der Waals surface area (Å²) < 4.78 is 26.8. The van der Waals surface area contributed by atoms with Crippen molar-refractivity contribution in [2.75, 3.05) is 11.0 Å². The second-order valence-electron chi connectivity index (χ2n) is 6.30. The number of hydrogen-bond donors (Lipinski definition) is 3. The topological polar surface area (TPSA) is 122 Å². The van der Waals surface area contributed by atoms with Crippen LogP contribution >= 0.6 is 0 Å². The molecule has 29 heavy (non-hydrogen) atoms. The second kappa shape index (κ2) is 8.15. The van der Waals surface area contributed by atoms with Gasteiger partial charge in [-0.3, -0.25) is 29.7 Å². The second-order valence-corrected chi connectivity index (χ2v) is 8.05. The lowest BCUT2D eigenvalue weighted by atomic mass is 10.1. The smallest absolute Gasteiger partial charge is 0.288 e. The maximum atomic E-state index is 12.5. The van der Waals surface area contributed by atoms with Gasteiger partial charge in [-0.05, 0) is 36.8 Å². The van der Waals surface area contributed by atoms with Gasteiger partial charge in [0.2, 0.25) is 10.0 Å². The first-order chi connectivity index (χ1) is 13.7. The number of para-hydroxylation sites is 1. The molecule has 9 nitrogen and oxygen atoms in total. The molecule has 0 aliphatic rings. The molecule has 1 aromatic heterocycles. The third-order valence-electron chi connectivity index (χ3n) is 3.99. The molecule has 3 rings (SSSR count). The first kappa shape index (κ1) is 20.1. The van der Waals surface area contributed by atoms with E-state index in [1.54, 1.807) is 17.6 Å². The lowest BCUT2D eigenvalue weighted by molar-refractivity contribution is 0.0843. The summed E-state index contributed by atoms with van der Waals surface area (Å²) in [5.41, 5.74) is 6.76. The van der Waals surface area contributed by atoms with Crippen molar-refractivity contribution in [1.82, 2.24) is 20.4 Å². The van der Waals surface area contributed by atoms with E-state index in [0.29, 0.717) is 5.56 Å². The Hall–Kier alpha value is -3.66. The Labute approximate surface area is 167 Å². The summed E-state index contributed by atoms with van der Waals surface area (Å²) >= 11 is 0. The summed E-state index contributed by atoms with van der Waals surface area (Å²) in [6, 6.07) is 13.7. The Balaban J connectivity index is 1.71. The molecular weight excluding hydrogens is 394 g/mol. The van der Waals surface area contributed by atoms with Gasteiger partial charge in [0.15, 0.2) is 0 Å². The predicted octanol–water partition coefficient (Wildman–Crippen LogP) is 1.63. The maximum Gasteiger partial charge on any atom is 0.288 e. The van der Waals surface area contributed by atoms with Crippen molar-refractivity contribution in [3.63, 3.8) is 0 Å². The van der Waals surface area contributed by atoms with Gasteiger partial charge in [-0.1, -0.05) is 24.3 Å². The Morgan fingerprint density at radius 1 is 1.00 bits per heavy atom. The standard InChI is InChI=1S/C19H19N5O4S/c1-13-8-9-14(10-16(13)23-29(2,27)28)18(25)21-22-19(26)17-11-20-12-24(17)15-6-4-3-5-7-15/h3-12,23H,1-2H3,(H,21,25)(H,22,26). The summed E-state index contributed by atoms with van der Waals surface area (Å²) in [6.07, 6.45) is 3.90. The number of aromatic nitrogens is 2. The van der Waals surface area contributed by atoms with Crippen LogP contribution in [0.15, 0.2) is 61.1 Å². The van der Waals surface area contributed by atoms with Crippen molar-refractivity contribution in [1.29, 1.82) is 0 Å². The number of rotatable bonds is 5. The number of amides is 2. The molecule has 3 N–H and O–H groups in total. The Kier molecular flexibility index (Phi) is 5.64. The Morgan fingerprint density at radius 3 is 2.38 bits per heavy atom. The fourth-order valence-electron chi connectivity index (χ4n) is 2.58. The van der Waals surface area contributed by atoms with Crippen molar-refractivity contribution in [2.24, 2.45) is 0 Å². The molecule has 2 aromatic carbocycles. The molecule has 0 unspecified atom stereocenters. The van der Waals surface area contributed by atoms with Crippen LogP contribution < -0.4 is 15.6 Å². The largest absolute Gasteiger partial charge is 0.295 e. The first-order valence-electron chi connectivity index (χ1n) is 8.51. The van der Waals surface area contributed by atoms with E-state index < -0.39 is 21.8 Å². The summed E-state index contributed by atoms with van der Waals surface area (Å²) in [5, 5.41) is 0. The number of benzene rings is 2. The zero-order valence-electron chi connectivity index (χ0n) is 15.7. The fourth-order valence-corrected chi connectivity index (χ4v) is 3.20. The third-order valence-corrected chi connectivity index (χ3v) is 4.58. The monoisotopic (exact) mass is 413 g/mol. The van der Waals surface area contributed by atoms with E-state index in [2.05, 4.69) is 20.6 Å². The van der Waals surface area contributed by atoms with Gasteiger partial charge >= 0.3 is 0 Å². The van der Waals surface area contributed by atoms with Crippen LogP contribution in [0.25, 0.3) is 5.69 Å². The zero-order chi connectivity index (χ0) is 21.0. The molecule has 0 aliphatic heterocycles. The molecule has 0 saturated carbocycles. The molecule has 0 atom stereocenters. The van der Waals surface area contributed by atoms with E-state index in [1.807, 2.05) is 30.3 Å². The van der Waals surface area contributed by atoms with Crippen molar-refractivity contribution in [3.8, 4) is 5.69 Å². The molecule has 0 radical (unpaired) electrons. The highest BCUT2D eigenvalue weighted by atomic mass is 32.2. The minimum Gasteiger partial charge on any atom is -0.295 e. The van der Waals surface area contributed by atoms with Gasteiger partial charge in [0, 0.05) is 11.3 Å². The number of hydrazine groups is 1. The molecule has 0 fully saturated rings. The van der Waals surface area contributed by atoms with Crippen LogP contribution in [-0.2, 0) is 10.0 Å². The average Bonchev–Trinajstić information content (AvgIpc) is 3.17. The molecule has 0 saturated heterocycles. The highest BCUT2D eigenvalue weighted by molar-refractivity contribution is 7.92. The van der Waals surface area contributed by atoms with Crippen LogP contribution in [0.1, 0.15) is 26.4 Å². The van der Waals surface area contributed by atoms with Gasteiger partial charge in [0.05, 0.1) is 24.5 Å². The average molecular weight is 413 g/mol. The van der Waals surface area contributed by atoms with Crippen LogP contribution in [0.3, 0.4) is 0 Å². The number of nitrogens with zero attached hydrogens (tertiary/aromatic N) is 2. The van der Waals surface area contributed by atoms with E-state index in [-0.39, 0.29) is 16.9 Å². The number of carbonyl (C=O) groups excluding carboxylic acids is 2. The Bertz CT molecular complexity index is 1160. The quantitative estimate of drug-likeness (QED) is 0.549. The van der Waals surface area contributed by atoms with Gasteiger partial charge in [0.1, 0.15) is 5.69 Å². The van der Waals surface area contributed by atoms with E-state index in [0.717, 1.165) is 11.9 Å². The van der Waals surface area contributed by atoms with Crippen LogP contribution in [0.2, 0.25) is 0 Å². The number of sulfonamides is 1. The number of aryl methyl sites for hydroxylation is 1. The minimum atomic E-state index is -3.49. The summed E-state index contributed by atoms with van der Waals surface area (Å²) in [7, 11) is -3.49. The Morgan fingerprint density at radius 2 is 1.69 bits per heavy atom. The summed E-state index contributed by atoms with van der Waals surface area (Å²) in [4.78, 5) is 28.8. The molecule has 2 amide bonds. The van der Waals surface area contributed by atoms with Gasteiger partial charge in [0.25, 0.3) is 11.8 Å². The lowest BCUT2D eigenvalue weighted by Crippen LogP contribution is -2.42. The van der Waals surface area contributed by atoms with Gasteiger partial charge in [-0.25, -0.2) is 13.4 Å². The van der Waals surface area contributed by atoms with E-state index in [4.69, 9.17) is 0 Å². The number of nitrogens with one attached hydrogen (secondary N) is 3. The van der Waals surface area contributed by atoms with Crippen LogP contribution in [-0.4, -0.2) is 36.0 Å². The molecule has 0 aliphatic carbocycles. The normalized spacial score (nSPS) is 11.0. The van der Waals surface area contributed by atoms with Crippen LogP contribution in [0.5, 0.6) is 0 Å². The van der Waals surface area contributed by atoms with E-state index in [1.165, 1.54) is 24.7 Å². The summed E-state index contributed by atoms with van der Waals surface area (Å²) in [6.45, 7) is 1.71. The zero-order valence-corrected chi connectivity index (χ0v) is 16.5. The van der Waals surface area contributed by atoms with Crippen molar-refractivity contribution in [3.05, 3.63) is 77.9 Å². The lowest BCUT2D eigenvalue weighted by Gasteiger charge is -2.12. The van der Waals surface area contributed by atoms with Crippen LogP contribution in [0, 0.1) is 6.92 Å². The number of imidazole rings is 1. The van der Waals surface area contributed by atoms with Crippen molar-refractivity contribution < 1.29 is 18.0 Å². The highest BCUT2D eigenvalue weighted by Crippen LogP contribution is 2.18. The first-order valence-corrected chi connectivity index (χ1v) is 10.4. The molecule has 150 valence electrons. The van der Waals surface area contributed by atoms with Crippen molar-refractivity contribution >= 4 is 27.5 Å². The van der Waals surface area contributed by atoms with Gasteiger partial charge in [-0.2, -0.15) is 0 Å². The highest BCUT2D eigenvalue weighted by Gasteiger charge is 2.15. The van der Waals surface area contributed by atoms with E-state index in [9.17, 15) is 18.0 Å². The molecule has 0 bridgehead atoms. The summed E-state index contributed by atoms with van der Waals surface area (Å²) in [5.74, 6) is -1.15. The van der Waals surface area contributed by atoms with Gasteiger partial charge in [-0.15, -0.1) is 0 Å². The molecule has 0 spiro atoms. The maximum absolute atomic E-state index is 12.5. The van der Waals surface area contributed by atoms with Crippen molar-refractivity contribution in [2.45, 2.75) is 6.92 Å². The number of anilines is 1. The van der Waals surface area contributed by atoms with E-state index >= 15 is 0 Å². The SMILES string of the molecule is Cc1ccc(C(=O)NNC(=O)c2cncn2-c2ccccc2)cc1NS(C)(=O)=O. The third kappa shape index (κ3) is 4.99. The predicted molar refractivity (Wildman–Crippen MR) is 108 cm³/mol. The molecular formula is C19H19N5O4S. The minimum absolute atomic E-state index is 0.179. The number of hydrogen-bond acceptors (Lipinski definition) is 5. The fraction of sp³-hybridized carbons (Fsp3) is 0.105. The van der Waals surface area contributed by atoms with Crippen LogP contribution in [0.4, 0.5) is 5.69 Å². The molecule has 10 heteroatoms. The molecule has 1 heterocycles.